The minimum absolute atomic E-state index is 0.0151. The average Bonchev–Trinajstić information content (AvgIpc) is 2.93. The van der Waals surface area contributed by atoms with E-state index in [4.69, 9.17) is 0 Å². The molecular weight excluding hydrogens is 240 g/mol. The number of hydrogen-bond donors (Lipinski definition) is 2. The monoisotopic (exact) mass is 256 g/mol. The molecule has 1 amide bonds. The number of amides is 1. The molecule has 1 unspecified atom stereocenters. The zero-order valence-corrected chi connectivity index (χ0v) is 10.6. The molecule has 0 bridgehead atoms. The van der Waals surface area contributed by atoms with Crippen LogP contribution in [0.4, 0.5) is 0 Å². The molecular formula is C14H16N4O. The molecule has 1 heterocycles. The lowest BCUT2D eigenvalue weighted by Crippen LogP contribution is -2.33. The van der Waals surface area contributed by atoms with Crippen LogP contribution in [-0.4, -0.2) is 21.3 Å². The van der Waals surface area contributed by atoms with Crippen molar-refractivity contribution in [2.24, 2.45) is 5.92 Å². The van der Waals surface area contributed by atoms with Crippen molar-refractivity contribution >= 4 is 5.91 Å². The Morgan fingerprint density at radius 3 is 2.89 bits per heavy atom. The lowest BCUT2D eigenvalue weighted by molar-refractivity contribution is -0.125. The Balaban J connectivity index is 1.57. The Morgan fingerprint density at radius 1 is 1.26 bits per heavy atom. The number of nitrogens with one attached hydrogen (secondary N) is 2. The first-order chi connectivity index (χ1) is 9.33. The molecule has 0 aliphatic heterocycles. The summed E-state index contributed by atoms with van der Waals surface area (Å²) >= 11 is 0. The number of rotatable bonds is 3. The topological polar surface area (TPSA) is 70.7 Å². The summed E-state index contributed by atoms with van der Waals surface area (Å²) in [5.41, 5.74) is 3.06. The summed E-state index contributed by atoms with van der Waals surface area (Å²) < 4.78 is 0. The fraction of sp³-hybridized carbons (Fsp3) is 0.357. The molecule has 0 fully saturated rings. The van der Waals surface area contributed by atoms with E-state index in [1.54, 1.807) is 0 Å². The van der Waals surface area contributed by atoms with Gasteiger partial charge in [0.05, 0.1) is 11.4 Å². The molecule has 1 aromatic carbocycles. The fourth-order valence-corrected chi connectivity index (χ4v) is 2.44. The van der Waals surface area contributed by atoms with Crippen LogP contribution in [0.5, 0.6) is 0 Å². The number of aromatic nitrogens is 3. The van der Waals surface area contributed by atoms with Gasteiger partial charge in [0, 0.05) is 18.9 Å². The van der Waals surface area contributed by atoms with Gasteiger partial charge in [-0.2, -0.15) is 15.4 Å². The molecule has 1 aliphatic rings. The minimum atomic E-state index is 0.0151. The molecule has 0 spiro atoms. The molecule has 98 valence electrons. The van der Waals surface area contributed by atoms with Crippen molar-refractivity contribution in [3.05, 3.63) is 47.3 Å². The highest BCUT2D eigenvalue weighted by molar-refractivity contribution is 5.79. The van der Waals surface area contributed by atoms with Gasteiger partial charge in [0.25, 0.3) is 0 Å². The predicted octanol–water partition coefficient (Wildman–Crippen LogP) is 1.23. The summed E-state index contributed by atoms with van der Waals surface area (Å²) in [6.45, 7) is 0.585. The molecule has 2 N–H and O–H groups in total. The van der Waals surface area contributed by atoms with E-state index in [1.807, 2.05) is 30.3 Å². The number of fused-ring (bicyclic) bond motifs is 1. The third-order valence-corrected chi connectivity index (χ3v) is 3.55. The van der Waals surface area contributed by atoms with Gasteiger partial charge in [-0.25, -0.2) is 0 Å². The number of nitrogens with zero attached hydrogens (tertiary/aromatic N) is 2. The third kappa shape index (κ3) is 2.65. The van der Waals surface area contributed by atoms with Gasteiger partial charge >= 0.3 is 0 Å². The van der Waals surface area contributed by atoms with E-state index >= 15 is 0 Å². The first kappa shape index (κ1) is 11.9. The van der Waals surface area contributed by atoms with Crippen molar-refractivity contribution in [2.45, 2.75) is 25.8 Å². The second-order valence-corrected chi connectivity index (χ2v) is 4.86. The van der Waals surface area contributed by atoms with Gasteiger partial charge in [0.1, 0.15) is 0 Å². The van der Waals surface area contributed by atoms with Gasteiger partial charge in [-0.15, -0.1) is 0 Å². The second-order valence-electron chi connectivity index (χ2n) is 4.86. The van der Waals surface area contributed by atoms with Crippen molar-refractivity contribution in [2.75, 3.05) is 0 Å². The van der Waals surface area contributed by atoms with Gasteiger partial charge in [0.2, 0.25) is 5.91 Å². The summed E-state index contributed by atoms with van der Waals surface area (Å²) in [7, 11) is 0. The van der Waals surface area contributed by atoms with E-state index in [2.05, 4.69) is 20.7 Å². The molecule has 0 saturated heterocycles. The molecule has 19 heavy (non-hydrogen) atoms. The zero-order chi connectivity index (χ0) is 13.1. The maximum absolute atomic E-state index is 12.1. The molecule has 1 atom stereocenters. The van der Waals surface area contributed by atoms with Crippen LogP contribution < -0.4 is 5.32 Å². The Labute approximate surface area is 111 Å². The van der Waals surface area contributed by atoms with Crippen LogP contribution in [0.2, 0.25) is 0 Å². The van der Waals surface area contributed by atoms with Gasteiger partial charge in [-0.1, -0.05) is 30.3 Å². The maximum atomic E-state index is 12.1. The van der Waals surface area contributed by atoms with E-state index < -0.39 is 0 Å². The molecule has 2 aromatic rings. The smallest absolute Gasteiger partial charge is 0.223 e. The van der Waals surface area contributed by atoms with Crippen LogP contribution in [0.3, 0.4) is 0 Å². The van der Waals surface area contributed by atoms with Crippen LogP contribution in [0.1, 0.15) is 23.4 Å². The minimum Gasteiger partial charge on any atom is -0.352 e. The molecule has 5 nitrogen and oxygen atoms in total. The highest BCUT2D eigenvalue weighted by Gasteiger charge is 2.26. The number of carbonyl (C=O) groups is 1. The number of H-pyrrole nitrogens is 1. The molecule has 5 heteroatoms. The first-order valence-corrected chi connectivity index (χ1v) is 6.53. The Hall–Kier alpha value is -2.17. The van der Waals surface area contributed by atoms with E-state index in [1.165, 1.54) is 0 Å². The van der Waals surface area contributed by atoms with Crippen LogP contribution in [0.25, 0.3) is 0 Å². The molecule has 3 rings (SSSR count). The van der Waals surface area contributed by atoms with Crippen molar-refractivity contribution in [3.63, 3.8) is 0 Å². The Morgan fingerprint density at radius 2 is 2.05 bits per heavy atom. The Kier molecular flexibility index (Phi) is 3.27. The van der Waals surface area contributed by atoms with Crippen molar-refractivity contribution in [1.82, 2.24) is 20.7 Å². The number of aryl methyl sites for hydroxylation is 1. The highest BCUT2D eigenvalue weighted by atomic mass is 16.1. The quantitative estimate of drug-likeness (QED) is 0.867. The van der Waals surface area contributed by atoms with Gasteiger partial charge in [-0.05, 0) is 18.4 Å². The van der Waals surface area contributed by atoms with Crippen molar-refractivity contribution in [1.29, 1.82) is 0 Å². The summed E-state index contributed by atoms with van der Waals surface area (Å²) in [5, 5.41) is 13.8. The van der Waals surface area contributed by atoms with E-state index in [0.717, 1.165) is 29.8 Å². The summed E-state index contributed by atoms with van der Waals surface area (Å²) in [6.07, 6.45) is 2.36. The van der Waals surface area contributed by atoms with Crippen LogP contribution >= 0.6 is 0 Å². The lowest BCUT2D eigenvalue weighted by atomic mass is 9.89. The standard InChI is InChI=1S/C14H16N4O/c19-14(15-9-10-4-2-1-3-5-10)11-6-7-12-13(8-11)17-18-16-12/h1-5,11H,6-9H2,(H,15,19)(H,16,17,18). The van der Waals surface area contributed by atoms with Crippen LogP contribution in [-0.2, 0) is 24.2 Å². The third-order valence-electron chi connectivity index (χ3n) is 3.55. The summed E-state index contributed by atoms with van der Waals surface area (Å²) in [5.74, 6) is 0.124. The zero-order valence-electron chi connectivity index (χ0n) is 10.6. The highest BCUT2D eigenvalue weighted by Crippen LogP contribution is 2.22. The molecule has 0 saturated carbocycles. The van der Waals surface area contributed by atoms with Crippen molar-refractivity contribution in [3.8, 4) is 0 Å². The molecule has 0 radical (unpaired) electrons. The summed E-state index contributed by atoms with van der Waals surface area (Å²) in [4.78, 5) is 12.1. The molecule has 1 aromatic heterocycles. The van der Waals surface area contributed by atoms with Crippen molar-refractivity contribution < 1.29 is 4.79 Å². The number of carbonyl (C=O) groups excluding carboxylic acids is 1. The predicted molar refractivity (Wildman–Crippen MR) is 70.2 cm³/mol. The number of aromatic amines is 1. The van der Waals surface area contributed by atoms with E-state index in [9.17, 15) is 4.79 Å². The largest absolute Gasteiger partial charge is 0.352 e. The van der Waals surface area contributed by atoms with E-state index in [-0.39, 0.29) is 11.8 Å². The summed E-state index contributed by atoms with van der Waals surface area (Å²) in [6, 6.07) is 9.94. The molecule has 1 aliphatic carbocycles. The first-order valence-electron chi connectivity index (χ1n) is 6.53. The number of benzene rings is 1. The van der Waals surface area contributed by atoms with Gasteiger partial charge < -0.3 is 5.32 Å². The maximum Gasteiger partial charge on any atom is 0.223 e. The lowest BCUT2D eigenvalue weighted by Gasteiger charge is -2.19. The van der Waals surface area contributed by atoms with Gasteiger partial charge in [0.15, 0.2) is 0 Å². The van der Waals surface area contributed by atoms with Crippen LogP contribution in [0.15, 0.2) is 30.3 Å². The van der Waals surface area contributed by atoms with E-state index in [0.29, 0.717) is 13.0 Å². The second kappa shape index (κ2) is 5.22. The van der Waals surface area contributed by atoms with Gasteiger partial charge in [-0.3, -0.25) is 4.79 Å². The van der Waals surface area contributed by atoms with Crippen LogP contribution in [0, 0.1) is 5.92 Å². The Bertz CT molecular complexity index is 564. The number of hydrogen-bond acceptors (Lipinski definition) is 3. The SMILES string of the molecule is O=C(NCc1ccccc1)C1CCc2n[nH]nc2C1. The fourth-order valence-electron chi connectivity index (χ4n) is 2.44. The average molecular weight is 256 g/mol. The normalized spacial score (nSPS) is 17.8.